The first-order valence-corrected chi connectivity index (χ1v) is 23.6. The summed E-state index contributed by atoms with van der Waals surface area (Å²) in [5, 5.41) is 9.63. The molecule has 0 bridgehead atoms. The number of likely N-dealkylation sites (N-methyl/N-ethyl adjacent to an activating group) is 1. The Morgan fingerprint density at radius 3 is 1.13 bits per heavy atom. The van der Waals surface area contributed by atoms with E-state index < -0.39 is 18.1 Å². The first-order chi connectivity index (χ1) is 26.6. The van der Waals surface area contributed by atoms with Crippen molar-refractivity contribution in [2.75, 3.05) is 41.0 Å². The van der Waals surface area contributed by atoms with Crippen LogP contribution in [0.1, 0.15) is 232 Å². The highest BCUT2D eigenvalue weighted by Crippen LogP contribution is 2.16. The second-order valence-electron chi connectivity index (χ2n) is 17.4. The number of quaternary nitrogens is 1. The number of nitrogens with zero attached hydrogens (tertiary/aromatic N) is 1. The third-order valence-electron chi connectivity index (χ3n) is 11.0. The molecule has 0 aliphatic heterocycles. The average molecular weight is 783 g/mol. The van der Waals surface area contributed by atoms with E-state index in [0.717, 1.165) is 38.5 Å². The van der Waals surface area contributed by atoms with Gasteiger partial charge in [-0.3, -0.25) is 9.59 Å². The summed E-state index contributed by atoms with van der Waals surface area (Å²) in [4.78, 5) is 37.0. The van der Waals surface area contributed by atoms with E-state index in [4.69, 9.17) is 14.2 Å². The van der Waals surface area contributed by atoms with Crippen LogP contribution in [0.25, 0.3) is 0 Å². The lowest BCUT2D eigenvalue weighted by molar-refractivity contribution is -0.887. The van der Waals surface area contributed by atoms with Crippen molar-refractivity contribution in [1.29, 1.82) is 0 Å². The Morgan fingerprint density at radius 1 is 0.473 bits per heavy atom. The highest BCUT2D eigenvalue weighted by Gasteiger charge is 2.31. The molecule has 8 heteroatoms. The number of hydrogen-bond acceptors (Lipinski definition) is 6. The van der Waals surface area contributed by atoms with Crippen molar-refractivity contribution in [2.24, 2.45) is 0 Å². The van der Waals surface area contributed by atoms with Gasteiger partial charge < -0.3 is 23.8 Å². The maximum atomic E-state index is 12.7. The number of carboxylic acids is 1. The lowest BCUT2D eigenvalue weighted by Crippen LogP contribution is -2.50. The molecule has 0 saturated carbocycles. The fourth-order valence-electron chi connectivity index (χ4n) is 7.33. The number of rotatable bonds is 43. The standard InChI is InChI=1S/C47H91NO7/c1-6-8-10-12-14-16-18-20-22-24-26-28-30-32-34-36-38-46(50)55-43(41-53-40-39-44(47(51)52)48(3,4)5)42-54-45(49)37-35-33-31-29-27-25-23-21-19-17-15-13-11-9-7-2/h43-44H,6-42H2,1-5H3/p+1. The molecule has 0 aliphatic rings. The molecule has 326 valence electrons. The Hall–Kier alpha value is -1.67. The smallest absolute Gasteiger partial charge is 0.362 e. The predicted octanol–water partition coefficient (Wildman–Crippen LogP) is 12.9. The molecule has 8 nitrogen and oxygen atoms in total. The summed E-state index contributed by atoms with van der Waals surface area (Å²) in [5.41, 5.74) is 0. The van der Waals surface area contributed by atoms with Crippen LogP contribution in [-0.4, -0.2) is 80.6 Å². The van der Waals surface area contributed by atoms with Gasteiger partial charge in [0, 0.05) is 19.3 Å². The summed E-state index contributed by atoms with van der Waals surface area (Å²) in [7, 11) is 5.54. The fourth-order valence-corrected chi connectivity index (χ4v) is 7.33. The number of aliphatic carboxylic acids is 1. The number of carbonyl (C=O) groups is 3. The van der Waals surface area contributed by atoms with Crippen molar-refractivity contribution in [3.63, 3.8) is 0 Å². The second kappa shape index (κ2) is 39.2. The van der Waals surface area contributed by atoms with Gasteiger partial charge in [0.2, 0.25) is 0 Å². The van der Waals surface area contributed by atoms with E-state index in [9.17, 15) is 19.5 Å². The molecular weight excluding hydrogens is 691 g/mol. The van der Waals surface area contributed by atoms with Crippen molar-refractivity contribution >= 4 is 17.9 Å². The summed E-state index contributed by atoms with van der Waals surface area (Å²) in [5.74, 6) is -1.44. The van der Waals surface area contributed by atoms with Gasteiger partial charge in [0.1, 0.15) is 6.61 Å². The number of carbonyl (C=O) groups excluding carboxylic acids is 2. The number of esters is 2. The van der Waals surface area contributed by atoms with E-state index >= 15 is 0 Å². The Kier molecular flexibility index (Phi) is 38.0. The van der Waals surface area contributed by atoms with Gasteiger partial charge in [-0.05, 0) is 12.8 Å². The predicted molar refractivity (Wildman–Crippen MR) is 229 cm³/mol. The lowest BCUT2D eigenvalue weighted by atomic mass is 10.0. The van der Waals surface area contributed by atoms with E-state index in [0.29, 0.717) is 19.3 Å². The number of hydrogen-bond donors (Lipinski definition) is 1. The minimum atomic E-state index is -0.870. The van der Waals surface area contributed by atoms with Crippen molar-refractivity contribution in [1.82, 2.24) is 0 Å². The normalized spacial score (nSPS) is 12.8. The van der Waals surface area contributed by atoms with Crippen LogP contribution in [0, 0.1) is 0 Å². The molecule has 0 aromatic heterocycles. The summed E-state index contributed by atoms with van der Waals surface area (Å²) in [6, 6.07) is -0.608. The largest absolute Gasteiger partial charge is 0.477 e. The van der Waals surface area contributed by atoms with E-state index in [-0.39, 0.29) is 36.2 Å². The third kappa shape index (κ3) is 37.7. The molecule has 0 amide bonds. The molecule has 2 atom stereocenters. The van der Waals surface area contributed by atoms with Gasteiger partial charge in [-0.1, -0.05) is 200 Å². The summed E-state index contributed by atoms with van der Waals surface area (Å²) >= 11 is 0. The maximum absolute atomic E-state index is 12.7. The Morgan fingerprint density at radius 2 is 0.800 bits per heavy atom. The van der Waals surface area contributed by atoms with Gasteiger partial charge in [-0.25, -0.2) is 4.79 Å². The zero-order valence-corrected chi connectivity index (χ0v) is 37.2. The number of unbranched alkanes of at least 4 members (excludes halogenated alkanes) is 29. The maximum Gasteiger partial charge on any atom is 0.362 e. The van der Waals surface area contributed by atoms with Crippen molar-refractivity contribution in [3.05, 3.63) is 0 Å². The monoisotopic (exact) mass is 783 g/mol. The van der Waals surface area contributed by atoms with Crippen LogP contribution in [0.5, 0.6) is 0 Å². The van der Waals surface area contributed by atoms with Gasteiger partial charge in [-0.2, -0.15) is 0 Å². The molecule has 0 aromatic carbocycles. The lowest BCUT2D eigenvalue weighted by Gasteiger charge is -2.31. The fraction of sp³-hybridized carbons (Fsp3) is 0.936. The SMILES string of the molecule is CCCCCCCCCCCCCCCCCCC(=O)OC(COCCC(C(=O)O)[N+](C)(C)C)COC(=O)CCCCCCCCCCCCCCCCC. The molecule has 1 N–H and O–H groups in total. The Labute approximate surface area is 340 Å². The number of carboxylic acid groups (broad SMARTS) is 1. The van der Waals surface area contributed by atoms with Gasteiger partial charge in [-0.15, -0.1) is 0 Å². The van der Waals surface area contributed by atoms with Crippen LogP contribution >= 0.6 is 0 Å². The van der Waals surface area contributed by atoms with Crippen LogP contribution in [-0.2, 0) is 28.6 Å². The van der Waals surface area contributed by atoms with Crippen molar-refractivity contribution < 1.29 is 38.2 Å². The van der Waals surface area contributed by atoms with Gasteiger partial charge in [0.15, 0.2) is 12.1 Å². The first kappa shape index (κ1) is 53.3. The molecule has 0 aliphatic carbocycles. The summed E-state index contributed by atoms with van der Waals surface area (Å²) in [6.07, 6.45) is 39.9. The van der Waals surface area contributed by atoms with Gasteiger partial charge in [0.25, 0.3) is 0 Å². The molecule has 2 unspecified atom stereocenters. The zero-order valence-electron chi connectivity index (χ0n) is 37.2. The van der Waals surface area contributed by atoms with E-state index in [1.54, 1.807) is 0 Å². The summed E-state index contributed by atoms with van der Waals surface area (Å²) in [6.45, 7) is 4.78. The van der Waals surface area contributed by atoms with Gasteiger partial charge in [0.05, 0.1) is 34.4 Å². The first-order valence-electron chi connectivity index (χ1n) is 23.6. The van der Waals surface area contributed by atoms with Crippen LogP contribution < -0.4 is 0 Å². The minimum Gasteiger partial charge on any atom is -0.477 e. The number of ether oxygens (including phenoxy) is 3. The molecule has 55 heavy (non-hydrogen) atoms. The highest BCUT2D eigenvalue weighted by atomic mass is 16.6. The van der Waals surface area contributed by atoms with Crippen LogP contribution in [0.2, 0.25) is 0 Å². The zero-order chi connectivity index (χ0) is 40.7. The molecule has 0 fully saturated rings. The summed E-state index contributed by atoms with van der Waals surface area (Å²) < 4.78 is 17.3. The molecular formula is C47H92NO7+. The molecule has 0 aromatic rings. The third-order valence-corrected chi connectivity index (χ3v) is 11.0. The van der Waals surface area contributed by atoms with Crippen LogP contribution in [0.15, 0.2) is 0 Å². The van der Waals surface area contributed by atoms with E-state index in [2.05, 4.69) is 13.8 Å². The van der Waals surface area contributed by atoms with Crippen LogP contribution in [0.4, 0.5) is 0 Å². The second-order valence-corrected chi connectivity index (χ2v) is 17.4. The van der Waals surface area contributed by atoms with Gasteiger partial charge >= 0.3 is 17.9 Å². The van der Waals surface area contributed by atoms with Crippen LogP contribution in [0.3, 0.4) is 0 Å². The quantitative estimate of drug-likeness (QED) is 0.0373. The Balaban J connectivity index is 4.26. The average Bonchev–Trinajstić information content (AvgIpc) is 3.14. The molecule has 0 rings (SSSR count). The molecule has 0 radical (unpaired) electrons. The van der Waals surface area contributed by atoms with Crippen molar-refractivity contribution in [2.45, 2.75) is 244 Å². The molecule has 0 saturated heterocycles. The van der Waals surface area contributed by atoms with E-state index in [1.165, 1.54) is 161 Å². The Bertz CT molecular complexity index is 874. The van der Waals surface area contributed by atoms with Crippen molar-refractivity contribution in [3.8, 4) is 0 Å². The topological polar surface area (TPSA) is 99.1 Å². The molecule has 0 heterocycles. The van der Waals surface area contributed by atoms with E-state index in [1.807, 2.05) is 21.1 Å². The molecule has 0 spiro atoms. The minimum absolute atomic E-state index is 0.0417. The highest BCUT2D eigenvalue weighted by molar-refractivity contribution is 5.72.